The van der Waals surface area contributed by atoms with E-state index in [0.717, 1.165) is 5.92 Å². The molecule has 0 nitrogen and oxygen atoms in total. The quantitative estimate of drug-likeness (QED) is 0.378. The summed E-state index contributed by atoms with van der Waals surface area (Å²) in [7, 11) is 0. The third-order valence-electron chi connectivity index (χ3n) is 2.89. The van der Waals surface area contributed by atoms with Gasteiger partial charge in [0.05, 0.1) is 0 Å². The molecule has 0 fully saturated rings. The lowest BCUT2D eigenvalue weighted by molar-refractivity contribution is 0.593. The van der Waals surface area contributed by atoms with E-state index in [-0.39, 0.29) is 0 Å². The fourth-order valence-electron chi connectivity index (χ4n) is 1.53. The van der Waals surface area contributed by atoms with Gasteiger partial charge in [-0.3, -0.25) is 0 Å². The van der Waals surface area contributed by atoms with Crippen LogP contribution >= 0.6 is 0 Å². The van der Waals surface area contributed by atoms with E-state index >= 15 is 0 Å². The number of hydrogen-bond donors (Lipinski definition) is 0. The van der Waals surface area contributed by atoms with Gasteiger partial charge in [0.2, 0.25) is 0 Å². The Kier molecular flexibility index (Phi) is 8.72. The minimum absolute atomic E-state index is 0.677. The second-order valence-corrected chi connectivity index (χ2v) is 4.15. The van der Waals surface area contributed by atoms with Crippen LogP contribution in [0.4, 0.5) is 0 Å². The highest BCUT2D eigenvalue weighted by molar-refractivity contribution is 4.87. The van der Waals surface area contributed by atoms with Crippen LogP contribution in [0.2, 0.25) is 0 Å². The lowest BCUT2D eigenvalue weighted by atomic mass is 10.0. The molecule has 0 aliphatic heterocycles. The molecule has 1 atom stereocenters. The Hall–Kier alpha value is -0.520. The average molecular weight is 194 g/mol. The summed E-state index contributed by atoms with van der Waals surface area (Å²) in [6.45, 7) is 10.6. The highest BCUT2D eigenvalue weighted by Gasteiger charge is 1.97. The summed E-state index contributed by atoms with van der Waals surface area (Å²) in [5.41, 5.74) is 0. The van der Waals surface area contributed by atoms with Crippen molar-refractivity contribution < 1.29 is 0 Å². The van der Waals surface area contributed by atoms with Gasteiger partial charge in [-0.25, -0.2) is 0 Å². The first-order chi connectivity index (χ1) is 6.74. The van der Waals surface area contributed by atoms with Crippen LogP contribution < -0.4 is 0 Å². The number of unbranched alkanes of at least 4 members (excludes halogenated alkanes) is 1. The van der Waals surface area contributed by atoms with Crippen molar-refractivity contribution in [2.24, 2.45) is 11.8 Å². The monoisotopic (exact) mass is 194 g/mol. The third-order valence-corrected chi connectivity index (χ3v) is 2.89. The van der Waals surface area contributed by atoms with Crippen molar-refractivity contribution in [3.63, 3.8) is 0 Å². The van der Waals surface area contributed by atoms with Gasteiger partial charge in [-0.1, -0.05) is 39.0 Å². The van der Waals surface area contributed by atoms with E-state index in [1.54, 1.807) is 0 Å². The number of hydrogen-bond acceptors (Lipinski definition) is 0. The Morgan fingerprint density at radius 3 is 2.36 bits per heavy atom. The molecular weight excluding hydrogens is 168 g/mol. The molecule has 0 bridgehead atoms. The second kappa shape index (κ2) is 9.05. The molecule has 0 saturated heterocycles. The summed E-state index contributed by atoms with van der Waals surface area (Å²) >= 11 is 0. The van der Waals surface area contributed by atoms with Gasteiger partial charge in [0.1, 0.15) is 0 Å². The van der Waals surface area contributed by atoms with E-state index < -0.39 is 0 Å². The molecule has 0 aromatic heterocycles. The maximum Gasteiger partial charge on any atom is -0.0239 e. The minimum atomic E-state index is 0.677. The molecule has 0 aliphatic rings. The maximum absolute atomic E-state index is 3.80. The molecular formula is C14H26. The smallest absolute Gasteiger partial charge is 0.0239 e. The molecule has 0 heterocycles. The van der Waals surface area contributed by atoms with E-state index in [0.29, 0.717) is 5.92 Å². The van der Waals surface area contributed by atoms with Crippen molar-refractivity contribution in [2.45, 2.75) is 52.9 Å². The van der Waals surface area contributed by atoms with Crippen LogP contribution in [0, 0.1) is 11.8 Å². The van der Waals surface area contributed by atoms with Crippen LogP contribution in [-0.4, -0.2) is 0 Å². The molecule has 0 rings (SSSR count). The fraction of sp³-hybridized carbons (Fsp3) is 0.714. The first-order valence-electron chi connectivity index (χ1n) is 6.03. The second-order valence-electron chi connectivity index (χ2n) is 4.15. The molecule has 0 saturated carbocycles. The first-order valence-corrected chi connectivity index (χ1v) is 6.03. The summed E-state index contributed by atoms with van der Waals surface area (Å²) in [6, 6.07) is 0. The predicted molar refractivity (Wildman–Crippen MR) is 66.4 cm³/mol. The molecule has 0 aromatic carbocycles. The zero-order chi connectivity index (χ0) is 10.8. The largest absolute Gasteiger partial charge is 0.103 e. The normalized spacial score (nSPS) is 13.7. The first kappa shape index (κ1) is 13.5. The standard InChI is InChI=1S/C14H26/c1-5-13(4)11-9-8-10-12-14(6-2)7-3/h5,10,12-14H,1,6-9,11H2,2-4H3. The number of rotatable bonds is 8. The summed E-state index contributed by atoms with van der Waals surface area (Å²) in [4.78, 5) is 0. The Bertz CT molecular complexity index is 151. The summed E-state index contributed by atoms with van der Waals surface area (Å²) in [6.07, 6.45) is 13.1. The molecule has 0 aromatic rings. The van der Waals surface area contributed by atoms with E-state index in [2.05, 4.69) is 39.5 Å². The number of allylic oxidation sites excluding steroid dienone is 3. The van der Waals surface area contributed by atoms with E-state index in [9.17, 15) is 0 Å². The van der Waals surface area contributed by atoms with Crippen LogP contribution in [0.25, 0.3) is 0 Å². The van der Waals surface area contributed by atoms with E-state index in [4.69, 9.17) is 0 Å². The van der Waals surface area contributed by atoms with Gasteiger partial charge in [0.25, 0.3) is 0 Å². The Morgan fingerprint density at radius 2 is 1.86 bits per heavy atom. The highest BCUT2D eigenvalue weighted by atomic mass is 14.0. The Balaban J connectivity index is 3.47. The van der Waals surface area contributed by atoms with Crippen molar-refractivity contribution in [3.8, 4) is 0 Å². The summed E-state index contributed by atoms with van der Waals surface area (Å²) in [5, 5.41) is 0. The molecule has 14 heavy (non-hydrogen) atoms. The van der Waals surface area contributed by atoms with Crippen molar-refractivity contribution in [3.05, 3.63) is 24.8 Å². The summed E-state index contributed by atoms with van der Waals surface area (Å²) < 4.78 is 0. The van der Waals surface area contributed by atoms with Crippen LogP contribution in [0.1, 0.15) is 52.9 Å². The Morgan fingerprint density at radius 1 is 1.21 bits per heavy atom. The van der Waals surface area contributed by atoms with Crippen molar-refractivity contribution in [1.29, 1.82) is 0 Å². The van der Waals surface area contributed by atoms with Gasteiger partial charge in [-0.2, -0.15) is 0 Å². The van der Waals surface area contributed by atoms with Gasteiger partial charge >= 0.3 is 0 Å². The zero-order valence-electron chi connectivity index (χ0n) is 10.1. The van der Waals surface area contributed by atoms with Crippen LogP contribution in [0.5, 0.6) is 0 Å². The fourth-order valence-corrected chi connectivity index (χ4v) is 1.53. The average Bonchev–Trinajstić information content (AvgIpc) is 2.23. The lowest BCUT2D eigenvalue weighted by Crippen LogP contribution is -1.91. The van der Waals surface area contributed by atoms with Gasteiger partial charge in [-0.15, -0.1) is 6.58 Å². The topological polar surface area (TPSA) is 0 Å². The van der Waals surface area contributed by atoms with E-state index in [1.165, 1.54) is 32.1 Å². The highest BCUT2D eigenvalue weighted by Crippen LogP contribution is 2.12. The zero-order valence-corrected chi connectivity index (χ0v) is 10.1. The minimum Gasteiger partial charge on any atom is -0.103 e. The Labute approximate surface area is 90.1 Å². The predicted octanol–water partition coefficient (Wildman–Crippen LogP) is 4.97. The van der Waals surface area contributed by atoms with Gasteiger partial charge in [0, 0.05) is 0 Å². The van der Waals surface area contributed by atoms with Crippen LogP contribution in [-0.2, 0) is 0 Å². The SMILES string of the molecule is C=CC(C)CCCC=CC(CC)CC. The van der Waals surface area contributed by atoms with Crippen molar-refractivity contribution in [1.82, 2.24) is 0 Å². The molecule has 0 heteroatoms. The van der Waals surface area contributed by atoms with E-state index in [1.807, 2.05) is 6.08 Å². The van der Waals surface area contributed by atoms with Gasteiger partial charge in [0.15, 0.2) is 0 Å². The van der Waals surface area contributed by atoms with Crippen molar-refractivity contribution >= 4 is 0 Å². The van der Waals surface area contributed by atoms with Crippen LogP contribution in [0.15, 0.2) is 24.8 Å². The molecule has 0 amide bonds. The molecule has 0 aliphatic carbocycles. The van der Waals surface area contributed by atoms with Crippen molar-refractivity contribution in [2.75, 3.05) is 0 Å². The summed E-state index contributed by atoms with van der Waals surface area (Å²) in [5.74, 6) is 1.48. The molecule has 82 valence electrons. The van der Waals surface area contributed by atoms with Crippen LogP contribution in [0.3, 0.4) is 0 Å². The van der Waals surface area contributed by atoms with Gasteiger partial charge < -0.3 is 0 Å². The third kappa shape index (κ3) is 6.94. The van der Waals surface area contributed by atoms with Gasteiger partial charge in [-0.05, 0) is 43.9 Å². The lowest BCUT2D eigenvalue weighted by Gasteiger charge is -2.05. The molecule has 0 spiro atoms. The maximum atomic E-state index is 3.80. The molecule has 1 unspecified atom stereocenters. The molecule has 0 radical (unpaired) electrons. The molecule has 0 N–H and O–H groups in total.